The van der Waals surface area contributed by atoms with Gasteiger partial charge in [-0.3, -0.25) is 0 Å². The molecule has 2 amide bonds. The number of carbonyl (C=O) groups excluding carboxylic acids is 2. The van der Waals surface area contributed by atoms with E-state index in [4.69, 9.17) is 10.00 Å². The summed E-state index contributed by atoms with van der Waals surface area (Å²) in [4.78, 5) is 23.7. The standard InChI is InChI=1S/C18H17N3O3/c1-13(20-18(23)21-16-5-3-2-4-6-16)17(22)24-12-15-9-7-14(11-19)8-10-15/h2-10,13H,12H2,1H3,(H2,20,21,23)/t13-/m0/s1. The number of ether oxygens (including phenoxy) is 1. The molecule has 2 aromatic carbocycles. The van der Waals surface area contributed by atoms with Crippen molar-refractivity contribution >= 4 is 17.7 Å². The van der Waals surface area contributed by atoms with Gasteiger partial charge in [-0.2, -0.15) is 5.26 Å². The number of amides is 2. The molecule has 2 aromatic rings. The van der Waals surface area contributed by atoms with Crippen molar-refractivity contribution < 1.29 is 14.3 Å². The van der Waals surface area contributed by atoms with E-state index in [0.29, 0.717) is 11.3 Å². The summed E-state index contributed by atoms with van der Waals surface area (Å²) in [5.41, 5.74) is 1.94. The molecule has 0 bridgehead atoms. The zero-order valence-electron chi connectivity index (χ0n) is 13.2. The summed E-state index contributed by atoms with van der Waals surface area (Å²) in [5.74, 6) is -0.539. The number of hydrogen-bond donors (Lipinski definition) is 2. The van der Waals surface area contributed by atoms with Crippen LogP contribution < -0.4 is 10.6 Å². The summed E-state index contributed by atoms with van der Waals surface area (Å²) in [6.07, 6.45) is 0. The Morgan fingerprint density at radius 1 is 1.12 bits per heavy atom. The molecular weight excluding hydrogens is 306 g/mol. The van der Waals surface area contributed by atoms with E-state index in [0.717, 1.165) is 5.56 Å². The largest absolute Gasteiger partial charge is 0.459 e. The average Bonchev–Trinajstić information content (AvgIpc) is 2.60. The van der Waals surface area contributed by atoms with Crippen LogP contribution in [0.2, 0.25) is 0 Å². The van der Waals surface area contributed by atoms with Crippen molar-refractivity contribution in [2.75, 3.05) is 5.32 Å². The summed E-state index contributed by atoms with van der Waals surface area (Å²) in [7, 11) is 0. The molecule has 0 saturated carbocycles. The minimum Gasteiger partial charge on any atom is -0.459 e. The quantitative estimate of drug-likeness (QED) is 0.828. The van der Waals surface area contributed by atoms with Gasteiger partial charge in [-0.15, -0.1) is 0 Å². The number of esters is 1. The minimum atomic E-state index is -0.785. The Morgan fingerprint density at radius 3 is 2.42 bits per heavy atom. The fourth-order valence-corrected chi connectivity index (χ4v) is 1.90. The van der Waals surface area contributed by atoms with E-state index in [2.05, 4.69) is 10.6 Å². The Morgan fingerprint density at radius 2 is 1.79 bits per heavy atom. The van der Waals surface area contributed by atoms with Crippen LogP contribution in [-0.4, -0.2) is 18.0 Å². The maximum absolute atomic E-state index is 11.9. The molecule has 0 heterocycles. The smallest absolute Gasteiger partial charge is 0.328 e. The van der Waals surface area contributed by atoms with E-state index < -0.39 is 18.0 Å². The van der Waals surface area contributed by atoms with Crippen LogP contribution in [0.5, 0.6) is 0 Å². The first-order valence-electron chi connectivity index (χ1n) is 7.36. The van der Waals surface area contributed by atoms with Gasteiger partial charge in [0.25, 0.3) is 0 Å². The van der Waals surface area contributed by atoms with Gasteiger partial charge in [0, 0.05) is 5.69 Å². The van der Waals surface area contributed by atoms with Gasteiger partial charge >= 0.3 is 12.0 Å². The highest BCUT2D eigenvalue weighted by molar-refractivity contribution is 5.92. The van der Waals surface area contributed by atoms with Gasteiger partial charge in [-0.1, -0.05) is 30.3 Å². The third-order valence-electron chi connectivity index (χ3n) is 3.20. The lowest BCUT2D eigenvalue weighted by Gasteiger charge is -2.14. The molecule has 0 fully saturated rings. The SMILES string of the molecule is C[C@H](NC(=O)Nc1ccccc1)C(=O)OCc1ccc(C#N)cc1. The Labute approximate surface area is 140 Å². The van der Waals surface area contributed by atoms with E-state index >= 15 is 0 Å². The highest BCUT2D eigenvalue weighted by atomic mass is 16.5. The molecule has 0 aliphatic heterocycles. The first kappa shape index (κ1) is 17.0. The van der Waals surface area contributed by atoms with Crippen molar-refractivity contribution in [3.05, 3.63) is 65.7 Å². The van der Waals surface area contributed by atoms with Crippen molar-refractivity contribution in [1.29, 1.82) is 5.26 Å². The lowest BCUT2D eigenvalue weighted by molar-refractivity contribution is -0.146. The summed E-state index contributed by atoms with van der Waals surface area (Å²) in [6.45, 7) is 1.63. The van der Waals surface area contributed by atoms with Crippen molar-refractivity contribution in [2.24, 2.45) is 0 Å². The molecule has 0 aliphatic carbocycles. The van der Waals surface area contributed by atoms with E-state index in [1.54, 1.807) is 55.5 Å². The highest BCUT2D eigenvalue weighted by Crippen LogP contribution is 2.06. The lowest BCUT2D eigenvalue weighted by Crippen LogP contribution is -2.41. The summed E-state index contributed by atoms with van der Waals surface area (Å²) >= 11 is 0. The van der Waals surface area contributed by atoms with Crippen molar-refractivity contribution in [2.45, 2.75) is 19.6 Å². The van der Waals surface area contributed by atoms with Crippen molar-refractivity contribution in [3.8, 4) is 6.07 Å². The summed E-state index contributed by atoms with van der Waals surface area (Å²) in [6, 6.07) is 16.4. The van der Waals surface area contributed by atoms with Crippen LogP contribution in [0.4, 0.5) is 10.5 Å². The first-order valence-corrected chi connectivity index (χ1v) is 7.36. The number of anilines is 1. The van der Waals surface area contributed by atoms with E-state index in [9.17, 15) is 9.59 Å². The first-order chi connectivity index (χ1) is 11.6. The van der Waals surface area contributed by atoms with Gasteiger partial charge in [0.2, 0.25) is 0 Å². The second-order valence-electron chi connectivity index (χ2n) is 5.10. The van der Waals surface area contributed by atoms with Gasteiger partial charge in [-0.05, 0) is 36.8 Å². The Hall–Kier alpha value is -3.33. The molecule has 1 atom stereocenters. The summed E-state index contributed by atoms with van der Waals surface area (Å²) in [5, 5.41) is 13.9. The Bertz CT molecular complexity index is 736. The van der Waals surface area contributed by atoms with Gasteiger partial charge < -0.3 is 15.4 Å². The second kappa shape index (κ2) is 8.34. The van der Waals surface area contributed by atoms with E-state index in [1.165, 1.54) is 0 Å². The number of carbonyl (C=O) groups is 2. The molecule has 2 N–H and O–H groups in total. The molecule has 0 unspecified atom stereocenters. The van der Waals surface area contributed by atoms with Crippen LogP contribution in [0.25, 0.3) is 0 Å². The van der Waals surface area contributed by atoms with Crippen LogP contribution in [0, 0.1) is 11.3 Å². The molecule has 2 rings (SSSR count). The topological polar surface area (TPSA) is 91.2 Å². The molecular formula is C18H17N3O3. The third-order valence-corrected chi connectivity index (χ3v) is 3.20. The predicted octanol–water partition coefficient (Wildman–Crippen LogP) is 2.81. The molecule has 122 valence electrons. The number of nitrogens with one attached hydrogen (secondary N) is 2. The second-order valence-corrected chi connectivity index (χ2v) is 5.10. The van der Waals surface area contributed by atoms with E-state index in [-0.39, 0.29) is 6.61 Å². The number of nitriles is 1. The van der Waals surface area contributed by atoms with Crippen LogP contribution >= 0.6 is 0 Å². The number of urea groups is 1. The number of rotatable bonds is 5. The predicted molar refractivity (Wildman–Crippen MR) is 89.0 cm³/mol. The number of benzene rings is 2. The zero-order chi connectivity index (χ0) is 17.4. The maximum Gasteiger partial charge on any atom is 0.328 e. The zero-order valence-corrected chi connectivity index (χ0v) is 13.2. The molecule has 24 heavy (non-hydrogen) atoms. The molecule has 0 spiro atoms. The van der Waals surface area contributed by atoms with Crippen molar-refractivity contribution in [3.63, 3.8) is 0 Å². The van der Waals surface area contributed by atoms with Gasteiger partial charge in [0.05, 0.1) is 11.6 Å². The highest BCUT2D eigenvalue weighted by Gasteiger charge is 2.17. The average molecular weight is 323 g/mol. The maximum atomic E-state index is 11.9. The van der Waals surface area contributed by atoms with E-state index in [1.807, 2.05) is 12.1 Å². The number of hydrogen-bond acceptors (Lipinski definition) is 4. The Kier molecular flexibility index (Phi) is 5.92. The third kappa shape index (κ3) is 5.14. The normalized spacial score (nSPS) is 11.0. The molecule has 0 aliphatic rings. The van der Waals surface area contributed by atoms with Gasteiger partial charge in [-0.25, -0.2) is 9.59 Å². The molecule has 0 saturated heterocycles. The number of para-hydroxylation sites is 1. The fourth-order valence-electron chi connectivity index (χ4n) is 1.90. The molecule has 6 heteroatoms. The summed E-state index contributed by atoms with van der Waals surface area (Å²) < 4.78 is 5.15. The minimum absolute atomic E-state index is 0.0802. The van der Waals surface area contributed by atoms with Crippen molar-refractivity contribution in [1.82, 2.24) is 5.32 Å². The van der Waals surface area contributed by atoms with Gasteiger partial charge in [0.15, 0.2) is 0 Å². The van der Waals surface area contributed by atoms with Crippen LogP contribution in [0.3, 0.4) is 0 Å². The van der Waals surface area contributed by atoms with Crippen LogP contribution in [-0.2, 0) is 16.1 Å². The molecule has 6 nitrogen and oxygen atoms in total. The lowest BCUT2D eigenvalue weighted by atomic mass is 10.2. The van der Waals surface area contributed by atoms with Crippen LogP contribution in [0.1, 0.15) is 18.1 Å². The monoisotopic (exact) mass is 323 g/mol. The molecule has 0 radical (unpaired) electrons. The fraction of sp³-hybridized carbons (Fsp3) is 0.167. The van der Waals surface area contributed by atoms with Gasteiger partial charge in [0.1, 0.15) is 12.6 Å². The van der Waals surface area contributed by atoms with Crippen LogP contribution in [0.15, 0.2) is 54.6 Å². The number of nitrogens with zero attached hydrogens (tertiary/aromatic N) is 1. The molecule has 0 aromatic heterocycles. The Balaban J connectivity index is 1.79.